The third kappa shape index (κ3) is 4.11. The first-order chi connectivity index (χ1) is 13.0. The monoisotopic (exact) mass is 387 g/mol. The number of sulfonamides is 1. The zero-order valence-electron chi connectivity index (χ0n) is 15.4. The molecular weight excluding hydrogens is 366 g/mol. The molecule has 0 aliphatic carbocycles. The summed E-state index contributed by atoms with van der Waals surface area (Å²) in [6.07, 6.45) is 1.47. The Morgan fingerprint density at radius 3 is 2.41 bits per heavy atom. The molecule has 0 aliphatic heterocycles. The molecule has 0 saturated heterocycles. The molecule has 3 rings (SSSR count). The molecule has 0 aliphatic rings. The van der Waals surface area contributed by atoms with Crippen LogP contribution in [0.25, 0.3) is 11.4 Å². The van der Waals surface area contributed by atoms with Gasteiger partial charge < -0.3 is 9.26 Å². The van der Waals surface area contributed by atoms with Crippen molar-refractivity contribution in [3.63, 3.8) is 0 Å². The van der Waals surface area contributed by atoms with Gasteiger partial charge in [-0.2, -0.15) is 4.98 Å². The van der Waals surface area contributed by atoms with Gasteiger partial charge in [0.15, 0.2) is 0 Å². The average molecular weight is 387 g/mol. The molecule has 0 radical (unpaired) electrons. The number of ether oxygens (including phenoxy) is 1. The normalized spacial score (nSPS) is 11.4. The van der Waals surface area contributed by atoms with E-state index >= 15 is 0 Å². The molecule has 1 aromatic heterocycles. The van der Waals surface area contributed by atoms with Crippen molar-refractivity contribution in [3.8, 4) is 17.1 Å². The number of methoxy groups -OCH3 is 1. The summed E-state index contributed by atoms with van der Waals surface area (Å²) in [5.74, 6) is 1.22. The van der Waals surface area contributed by atoms with Gasteiger partial charge in [-0.1, -0.05) is 31.1 Å². The van der Waals surface area contributed by atoms with E-state index in [1.165, 1.54) is 19.2 Å². The number of hydrogen-bond donors (Lipinski definition) is 1. The summed E-state index contributed by atoms with van der Waals surface area (Å²) in [5.41, 5.74) is 2.08. The van der Waals surface area contributed by atoms with Gasteiger partial charge in [0.25, 0.3) is 10.0 Å². The summed E-state index contributed by atoms with van der Waals surface area (Å²) in [5, 5.41) is 3.91. The molecule has 3 aromatic rings. The van der Waals surface area contributed by atoms with E-state index in [4.69, 9.17) is 9.26 Å². The van der Waals surface area contributed by atoms with E-state index in [0.29, 0.717) is 29.3 Å². The van der Waals surface area contributed by atoms with Gasteiger partial charge in [0.2, 0.25) is 11.7 Å². The van der Waals surface area contributed by atoms with Gasteiger partial charge in [0, 0.05) is 12.1 Å². The number of aromatic nitrogens is 2. The summed E-state index contributed by atoms with van der Waals surface area (Å²) >= 11 is 0. The van der Waals surface area contributed by atoms with Gasteiger partial charge in [0.05, 0.1) is 17.6 Å². The highest BCUT2D eigenvalue weighted by Crippen LogP contribution is 2.31. The molecule has 8 heteroatoms. The van der Waals surface area contributed by atoms with Crippen molar-refractivity contribution < 1.29 is 17.7 Å². The second-order valence-electron chi connectivity index (χ2n) is 5.88. The SMILES string of the molecule is CCc1ccc(NS(=O)(=O)c2ccc(OC)c(-c3noc(CC)n3)c2)cc1. The van der Waals surface area contributed by atoms with Crippen molar-refractivity contribution in [1.82, 2.24) is 10.1 Å². The van der Waals surface area contributed by atoms with Crippen LogP contribution >= 0.6 is 0 Å². The molecule has 142 valence electrons. The largest absolute Gasteiger partial charge is 0.496 e. The minimum atomic E-state index is -3.78. The van der Waals surface area contributed by atoms with Crippen molar-refractivity contribution in [3.05, 3.63) is 53.9 Å². The maximum absolute atomic E-state index is 12.8. The van der Waals surface area contributed by atoms with Crippen molar-refractivity contribution in [2.75, 3.05) is 11.8 Å². The van der Waals surface area contributed by atoms with Gasteiger partial charge in [0.1, 0.15) is 5.75 Å². The maximum Gasteiger partial charge on any atom is 0.261 e. The number of aryl methyl sites for hydroxylation is 2. The van der Waals surface area contributed by atoms with Gasteiger partial charge in [-0.25, -0.2) is 8.42 Å². The van der Waals surface area contributed by atoms with Crippen LogP contribution in [0, 0.1) is 0 Å². The standard InChI is InChI=1S/C19H21N3O4S/c1-4-13-6-8-14(9-7-13)22-27(23,24)15-10-11-17(25-3)16(12-15)19-20-18(5-2)26-21-19/h6-12,22H,4-5H2,1-3H3. The Bertz CT molecular complexity index is 1030. The molecule has 2 aromatic carbocycles. The topological polar surface area (TPSA) is 94.3 Å². The first-order valence-corrected chi connectivity index (χ1v) is 10.1. The van der Waals surface area contributed by atoms with Crippen molar-refractivity contribution in [2.45, 2.75) is 31.6 Å². The maximum atomic E-state index is 12.8. The fourth-order valence-electron chi connectivity index (χ4n) is 2.56. The molecule has 0 bridgehead atoms. The Morgan fingerprint density at radius 2 is 1.81 bits per heavy atom. The van der Waals surface area contributed by atoms with Crippen LogP contribution in [0.2, 0.25) is 0 Å². The number of anilines is 1. The Balaban J connectivity index is 1.96. The Morgan fingerprint density at radius 1 is 1.07 bits per heavy atom. The summed E-state index contributed by atoms with van der Waals surface area (Å²) < 4.78 is 38.6. The smallest absolute Gasteiger partial charge is 0.261 e. The number of hydrogen-bond acceptors (Lipinski definition) is 6. The van der Waals surface area contributed by atoms with E-state index in [2.05, 4.69) is 14.9 Å². The summed E-state index contributed by atoms with van der Waals surface area (Å²) in [4.78, 5) is 4.34. The van der Waals surface area contributed by atoms with E-state index in [0.717, 1.165) is 12.0 Å². The van der Waals surface area contributed by atoms with Crippen LogP contribution in [-0.4, -0.2) is 25.7 Å². The fraction of sp³-hybridized carbons (Fsp3) is 0.263. The van der Waals surface area contributed by atoms with Crippen LogP contribution < -0.4 is 9.46 Å². The van der Waals surface area contributed by atoms with Crippen LogP contribution in [0.1, 0.15) is 25.3 Å². The van der Waals surface area contributed by atoms with E-state index in [1.807, 2.05) is 26.0 Å². The van der Waals surface area contributed by atoms with E-state index in [1.54, 1.807) is 18.2 Å². The summed E-state index contributed by atoms with van der Waals surface area (Å²) in [7, 11) is -2.28. The lowest BCUT2D eigenvalue weighted by Gasteiger charge is -2.11. The summed E-state index contributed by atoms with van der Waals surface area (Å²) in [6.45, 7) is 3.93. The van der Waals surface area contributed by atoms with Crippen LogP contribution in [0.4, 0.5) is 5.69 Å². The molecule has 0 atom stereocenters. The van der Waals surface area contributed by atoms with Gasteiger partial charge in [-0.3, -0.25) is 4.72 Å². The molecule has 0 unspecified atom stereocenters. The molecule has 27 heavy (non-hydrogen) atoms. The fourth-order valence-corrected chi connectivity index (χ4v) is 3.64. The van der Waals surface area contributed by atoms with E-state index in [-0.39, 0.29) is 10.7 Å². The predicted molar refractivity (Wildman–Crippen MR) is 102 cm³/mol. The quantitative estimate of drug-likeness (QED) is 0.665. The third-order valence-corrected chi connectivity index (χ3v) is 5.49. The second-order valence-corrected chi connectivity index (χ2v) is 7.57. The number of rotatable bonds is 7. The zero-order chi connectivity index (χ0) is 19.4. The Kier molecular flexibility index (Phi) is 5.46. The Hall–Kier alpha value is -2.87. The molecule has 0 fully saturated rings. The van der Waals surface area contributed by atoms with Crippen LogP contribution in [0.3, 0.4) is 0 Å². The summed E-state index contributed by atoms with van der Waals surface area (Å²) in [6, 6.07) is 11.8. The van der Waals surface area contributed by atoms with Gasteiger partial charge in [-0.05, 0) is 42.3 Å². The molecular formula is C19H21N3O4S. The van der Waals surface area contributed by atoms with Crippen molar-refractivity contribution in [1.29, 1.82) is 0 Å². The minimum Gasteiger partial charge on any atom is -0.496 e. The van der Waals surface area contributed by atoms with Crippen molar-refractivity contribution >= 4 is 15.7 Å². The first-order valence-electron chi connectivity index (χ1n) is 8.59. The highest BCUT2D eigenvalue weighted by molar-refractivity contribution is 7.92. The highest BCUT2D eigenvalue weighted by atomic mass is 32.2. The zero-order valence-corrected chi connectivity index (χ0v) is 16.2. The molecule has 1 heterocycles. The number of benzene rings is 2. The molecule has 0 saturated carbocycles. The second kappa shape index (κ2) is 7.79. The predicted octanol–water partition coefficient (Wildman–Crippen LogP) is 3.67. The number of nitrogens with one attached hydrogen (secondary N) is 1. The van der Waals surface area contributed by atoms with Gasteiger partial charge >= 0.3 is 0 Å². The minimum absolute atomic E-state index is 0.0840. The van der Waals surface area contributed by atoms with E-state index in [9.17, 15) is 8.42 Å². The Labute approximate surface area is 158 Å². The molecule has 0 amide bonds. The lowest BCUT2D eigenvalue weighted by Crippen LogP contribution is -2.13. The molecule has 7 nitrogen and oxygen atoms in total. The number of nitrogens with zero attached hydrogens (tertiary/aromatic N) is 2. The van der Waals surface area contributed by atoms with Crippen LogP contribution in [0.15, 0.2) is 51.9 Å². The van der Waals surface area contributed by atoms with Gasteiger partial charge in [-0.15, -0.1) is 0 Å². The van der Waals surface area contributed by atoms with E-state index < -0.39 is 10.0 Å². The third-order valence-electron chi connectivity index (χ3n) is 4.11. The van der Waals surface area contributed by atoms with Crippen LogP contribution in [0.5, 0.6) is 5.75 Å². The van der Waals surface area contributed by atoms with Crippen molar-refractivity contribution in [2.24, 2.45) is 0 Å². The highest BCUT2D eigenvalue weighted by Gasteiger charge is 2.20. The molecule has 1 N–H and O–H groups in total. The molecule has 0 spiro atoms. The first kappa shape index (κ1) is 18.9. The lowest BCUT2D eigenvalue weighted by molar-refractivity contribution is 0.382. The average Bonchev–Trinajstić information content (AvgIpc) is 3.17. The lowest BCUT2D eigenvalue weighted by atomic mass is 10.2. The van der Waals surface area contributed by atoms with Crippen LogP contribution in [-0.2, 0) is 22.9 Å².